The summed E-state index contributed by atoms with van der Waals surface area (Å²) in [5.74, 6) is 0.715. The first-order chi connectivity index (χ1) is 7.05. The number of fused-ring (bicyclic) bond motifs is 1. The molecule has 1 nitrogen and oxygen atoms in total. The van der Waals surface area contributed by atoms with Crippen LogP contribution < -0.4 is 0 Å². The van der Waals surface area contributed by atoms with E-state index in [9.17, 15) is 8.78 Å². The van der Waals surface area contributed by atoms with Gasteiger partial charge in [-0.3, -0.25) is 9.29 Å². The first-order valence-electron chi connectivity index (χ1n) is 6.01. The van der Waals surface area contributed by atoms with E-state index in [4.69, 9.17) is 0 Å². The van der Waals surface area contributed by atoms with E-state index in [0.29, 0.717) is 18.9 Å². The molecule has 0 aromatic carbocycles. The highest BCUT2D eigenvalue weighted by molar-refractivity contribution is 5.06. The first kappa shape index (κ1) is 11.3. The zero-order valence-electron chi connectivity index (χ0n) is 9.68. The van der Waals surface area contributed by atoms with Gasteiger partial charge in [-0.25, -0.2) is 4.39 Å². The van der Waals surface area contributed by atoms with E-state index in [2.05, 4.69) is 18.7 Å². The molecule has 15 heavy (non-hydrogen) atoms. The summed E-state index contributed by atoms with van der Waals surface area (Å²) in [5, 5.41) is 0. The fourth-order valence-corrected chi connectivity index (χ4v) is 3.59. The molecule has 0 aliphatic carbocycles. The zero-order chi connectivity index (χ0) is 11.1. The minimum atomic E-state index is -0.690. The van der Waals surface area contributed by atoms with E-state index in [1.807, 2.05) is 0 Å². The molecule has 2 fully saturated rings. The number of hydrogen-bond donors (Lipinski definition) is 0. The Labute approximate surface area is 90.8 Å². The van der Waals surface area contributed by atoms with Gasteiger partial charge >= 0.3 is 0 Å². The molecule has 0 N–H and O–H groups in total. The predicted octanol–water partition coefficient (Wildman–Crippen LogP) is 2.80. The molecule has 3 heteroatoms. The second kappa shape index (κ2) is 4.00. The minimum absolute atomic E-state index is 0.00958. The van der Waals surface area contributed by atoms with Gasteiger partial charge in [0.1, 0.15) is 6.17 Å². The van der Waals surface area contributed by atoms with Gasteiger partial charge < -0.3 is 0 Å². The van der Waals surface area contributed by atoms with Crippen LogP contribution in [0.4, 0.5) is 8.78 Å². The number of alkyl halides is 2. The van der Waals surface area contributed by atoms with Crippen LogP contribution in [0.15, 0.2) is 0 Å². The van der Waals surface area contributed by atoms with Crippen molar-refractivity contribution in [1.82, 2.24) is 4.90 Å². The van der Waals surface area contributed by atoms with Gasteiger partial charge in [-0.05, 0) is 25.2 Å². The molecule has 2 aliphatic heterocycles. The molecule has 2 saturated heterocycles. The lowest BCUT2D eigenvalue weighted by atomic mass is 9.83. The lowest BCUT2D eigenvalue weighted by Crippen LogP contribution is -2.39. The minimum Gasteiger partial charge on any atom is -0.294 e. The van der Waals surface area contributed by atoms with Crippen LogP contribution in [-0.2, 0) is 0 Å². The standard InChI is InChI=1S/C12H21F2N/c1-9(2)3-12-4-10(6-13)7-15(12)8-11(14)5-12/h9-11H,3-8H2,1-2H3/t10?,11-,12+/m1/s1. The van der Waals surface area contributed by atoms with Crippen molar-refractivity contribution in [3.8, 4) is 0 Å². The molecule has 2 heterocycles. The monoisotopic (exact) mass is 217 g/mol. The summed E-state index contributed by atoms with van der Waals surface area (Å²) in [5.41, 5.74) is -0.00958. The molecule has 0 amide bonds. The van der Waals surface area contributed by atoms with Crippen molar-refractivity contribution in [3.63, 3.8) is 0 Å². The predicted molar refractivity (Wildman–Crippen MR) is 57.4 cm³/mol. The third-order valence-corrected chi connectivity index (χ3v) is 3.84. The summed E-state index contributed by atoms with van der Waals surface area (Å²) in [6.07, 6.45) is 1.82. The molecular formula is C12H21F2N. The van der Waals surface area contributed by atoms with Crippen molar-refractivity contribution in [2.75, 3.05) is 19.8 Å². The van der Waals surface area contributed by atoms with Crippen LogP contribution in [0.2, 0.25) is 0 Å². The largest absolute Gasteiger partial charge is 0.294 e. The molecule has 2 aliphatic rings. The van der Waals surface area contributed by atoms with Crippen LogP contribution in [0.3, 0.4) is 0 Å². The van der Waals surface area contributed by atoms with Crippen LogP contribution in [-0.4, -0.2) is 36.4 Å². The maximum atomic E-state index is 13.4. The van der Waals surface area contributed by atoms with Gasteiger partial charge in [0.15, 0.2) is 0 Å². The molecule has 1 unspecified atom stereocenters. The van der Waals surface area contributed by atoms with Crippen molar-refractivity contribution in [1.29, 1.82) is 0 Å². The molecule has 3 atom stereocenters. The summed E-state index contributed by atoms with van der Waals surface area (Å²) in [6, 6.07) is 0. The zero-order valence-corrected chi connectivity index (χ0v) is 9.68. The average Bonchev–Trinajstić information content (AvgIpc) is 2.54. The number of nitrogens with zero attached hydrogens (tertiary/aromatic N) is 1. The van der Waals surface area contributed by atoms with Crippen molar-refractivity contribution in [2.24, 2.45) is 11.8 Å². The number of hydrogen-bond acceptors (Lipinski definition) is 1. The molecule has 0 aromatic rings. The maximum absolute atomic E-state index is 13.4. The first-order valence-corrected chi connectivity index (χ1v) is 6.01. The van der Waals surface area contributed by atoms with Crippen LogP contribution in [0.1, 0.15) is 33.1 Å². The van der Waals surface area contributed by atoms with Gasteiger partial charge in [-0.1, -0.05) is 13.8 Å². The van der Waals surface area contributed by atoms with E-state index in [0.717, 1.165) is 19.4 Å². The highest BCUT2D eigenvalue weighted by Gasteiger charge is 2.51. The lowest BCUT2D eigenvalue weighted by Gasteiger charge is -2.33. The Bertz CT molecular complexity index is 232. The van der Waals surface area contributed by atoms with Gasteiger partial charge in [0.2, 0.25) is 0 Å². The Morgan fingerprint density at radius 3 is 2.67 bits per heavy atom. The molecule has 88 valence electrons. The fourth-order valence-electron chi connectivity index (χ4n) is 3.59. The van der Waals surface area contributed by atoms with E-state index >= 15 is 0 Å². The van der Waals surface area contributed by atoms with Crippen molar-refractivity contribution < 1.29 is 8.78 Å². The summed E-state index contributed by atoms with van der Waals surface area (Å²) in [6.45, 7) is 5.39. The average molecular weight is 217 g/mol. The summed E-state index contributed by atoms with van der Waals surface area (Å²) in [4.78, 5) is 2.21. The van der Waals surface area contributed by atoms with Gasteiger partial charge in [0.25, 0.3) is 0 Å². The Hall–Kier alpha value is -0.180. The Morgan fingerprint density at radius 1 is 1.33 bits per heavy atom. The Balaban J connectivity index is 2.10. The topological polar surface area (TPSA) is 3.24 Å². The van der Waals surface area contributed by atoms with Crippen LogP contribution in [0.5, 0.6) is 0 Å². The summed E-state index contributed by atoms with van der Waals surface area (Å²) >= 11 is 0. The lowest BCUT2D eigenvalue weighted by molar-refractivity contribution is 0.163. The van der Waals surface area contributed by atoms with E-state index in [1.54, 1.807) is 0 Å². The smallest absolute Gasteiger partial charge is 0.115 e. The summed E-state index contributed by atoms with van der Waals surface area (Å²) in [7, 11) is 0. The van der Waals surface area contributed by atoms with Gasteiger partial charge in [0, 0.05) is 24.5 Å². The Morgan fingerprint density at radius 2 is 2.07 bits per heavy atom. The van der Waals surface area contributed by atoms with Crippen LogP contribution in [0, 0.1) is 11.8 Å². The quantitative estimate of drug-likeness (QED) is 0.702. The molecule has 0 bridgehead atoms. The van der Waals surface area contributed by atoms with Crippen molar-refractivity contribution in [2.45, 2.75) is 44.8 Å². The van der Waals surface area contributed by atoms with Crippen LogP contribution >= 0.6 is 0 Å². The molecule has 0 radical (unpaired) electrons. The molecule has 2 rings (SSSR count). The number of rotatable bonds is 3. The second-order valence-electron chi connectivity index (χ2n) is 5.75. The Kier molecular flexibility index (Phi) is 3.02. The van der Waals surface area contributed by atoms with Crippen molar-refractivity contribution in [3.05, 3.63) is 0 Å². The fraction of sp³-hybridized carbons (Fsp3) is 1.00. The molecule has 0 aromatic heterocycles. The maximum Gasteiger partial charge on any atom is 0.115 e. The second-order valence-corrected chi connectivity index (χ2v) is 5.75. The normalized spacial score (nSPS) is 41.4. The SMILES string of the molecule is CC(C)C[C@@]12CC(CF)CN1C[C@H](F)C2. The van der Waals surface area contributed by atoms with E-state index < -0.39 is 6.17 Å². The molecule has 0 saturated carbocycles. The van der Waals surface area contributed by atoms with Crippen LogP contribution in [0.25, 0.3) is 0 Å². The highest BCUT2D eigenvalue weighted by atomic mass is 19.1. The van der Waals surface area contributed by atoms with E-state index in [1.165, 1.54) is 0 Å². The molecule has 0 spiro atoms. The van der Waals surface area contributed by atoms with Gasteiger partial charge in [-0.2, -0.15) is 0 Å². The van der Waals surface area contributed by atoms with Gasteiger partial charge in [0.05, 0.1) is 6.67 Å². The van der Waals surface area contributed by atoms with E-state index in [-0.39, 0.29) is 18.1 Å². The van der Waals surface area contributed by atoms with Crippen molar-refractivity contribution >= 4 is 0 Å². The third-order valence-electron chi connectivity index (χ3n) is 3.84. The van der Waals surface area contributed by atoms with Gasteiger partial charge in [-0.15, -0.1) is 0 Å². The highest BCUT2D eigenvalue weighted by Crippen LogP contribution is 2.46. The third kappa shape index (κ3) is 2.03. The molecular weight excluding hydrogens is 196 g/mol. The summed E-state index contributed by atoms with van der Waals surface area (Å²) < 4.78 is 26.1. The number of halogens is 2.